The van der Waals surface area contributed by atoms with Crippen molar-refractivity contribution >= 4 is 5.91 Å². The summed E-state index contributed by atoms with van der Waals surface area (Å²) in [6, 6.07) is -1.01. The van der Waals surface area contributed by atoms with Crippen LogP contribution in [0.4, 0.5) is 0 Å². The molecule has 1 heterocycles. The molecule has 7 N–H and O–H groups in total. The van der Waals surface area contributed by atoms with E-state index in [9.17, 15) is 35.4 Å². The van der Waals surface area contributed by atoms with Gasteiger partial charge < -0.3 is 45.4 Å². The van der Waals surface area contributed by atoms with Gasteiger partial charge in [0.25, 0.3) is 0 Å². The highest BCUT2D eigenvalue weighted by molar-refractivity contribution is 5.80. The van der Waals surface area contributed by atoms with Crippen LogP contribution in [0.1, 0.15) is 187 Å². The Kier molecular flexibility index (Phi) is 32.7. The number of carbonyl (C=O) groups excluding carboxylic acids is 1. The van der Waals surface area contributed by atoms with Crippen LogP contribution in [0.15, 0.2) is 24.3 Å². The summed E-state index contributed by atoms with van der Waals surface area (Å²) in [4.78, 5) is 13.0. The summed E-state index contributed by atoms with van der Waals surface area (Å²) in [5.41, 5.74) is 0. The molecule has 1 rings (SSSR count). The second kappa shape index (κ2) is 34.8. The van der Waals surface area contributed by atoms with Crippen molar-refractivity contribution in [1.82, 2.24) is 5.32 Å². The number of hydrogen-bond donors (Lipinski definition) is 7. The van der Waals surface area contributed by atoms with Gasteiger partial charge in [0.1, 0.15) is 30.5 Å². The van der Waals surface area contributed by atoms with Gasteiger partial charge in [-0.2, -0.15) is 0 Å². The molecule has 1 fully saturated rings. The molecule has 0 aromatic rings. The van der Waals surface area contributed by atoms with Gasteiger partial charge >= 0.3 is 0 Å². The molecule has 54 heavy (non-hydrogen) atoms. The zero-order valence-electron chi connectivity index (χ0n) is 34.3. The van der Waals surface area contributed by atoms with Crippen molar-refractivity contribution in [3.8, 4) is 0 Å². The van der Waals surface area contributed by atoms with Crippen LogP contribution < -0.4 is 5.32 Å². The number of nitrogens with one attached hydrogen (secondary N) is 1. The van der Waals surface area contributed by atoms with Gasteiger partial charge in [-0.15, -0.1) is 0 Å². The minimum Gasteiger partial charge on any atom is -0.394 e. The predicted molar refractivity (Wildman–Crippen MR) is 218 cm³/mol. The fourth-order valence-corrected chi connectivity index (χ4v) is 6.98. The van der Waals surface area contributed by atoms with Gasteiger partial charge in [-0.25, -0.2) is 0 Å². The molecule has 10 heteroatoms. The highest BCUT2D eigenvalue weighted by atomic mass is 16.7. The lowest BCUT2D eigenvalue weighted by Crippen LogP contribution is -2.60. The number of aliphatic hydroxyl groups excluding tert-OH is 6. The first-order chi connectivity index (χ1) is 26.3. The number of ether oxygens (including phenoxy) is 2. The van der Waals surface area contributed by atoms with E-state index in [4.69, 9.17) is 9.47 Å². The minimum atomic E-state index is -1.61. The molecule has 0 saturated carbocycles. The van der Waals surface area contributed by atoms with E-state index in [1.54, 1.807) is 6.08 Å². The van der Waals surface area contributed by atoms with Gasteiger partial charge in [-0.05, 0) is 19.3 Å². The molecule has 8 atom stereocenters. The Balaban J connectivity index is 2.41. The number of unbranched alkanes of at least 4 members (excludes halogenated alkanes) is 24. The molecule has 3 unspecified atom stereocenters. The Bertz CT molecular complexity index is 916. The van der Waals surface area contributed by atoms with E-state index in [0.29, 0.717) is 12.8 Å². The number of hydrogen-bond acceptors (Lipinski definition) is 9. The van der Waals surface area contributed by atoms with Gasteiger partial charge in [0.05, 0.1) is 25.4 Å². The van der Waals surface area contributed by atoms with Crippen LogP contribution in [0.25, 0.3) is 0 Å². The van der Waals surface area contributed by atoms with Gasteiger partial charge in [0.15, 0.2) is 6.29 Å². The van der Waals surface area contributed by atoms with E-state index in [-0.39, 0.29) is 6.61 Å². The highest BCUT2D eigenvalue weighted by Crippen LogP contribution is 2.22. The molecular formula is C44H83NO9. The molecule has 1 aliphatic rings. The molecule has 318 valence electrons. The topological polar surface area (TPSA) is 169 Å². The molecule has 1 saturated heterocycles. The van der Waals surface area contributed by atoms with Gasteiger partial charge in [-0.1, -0.05) is 192 Å². The number of aliphatic hydroxyl groups is 6. The molecule has 1 amide bonds. The maximum absolute atomic E-state index is 13.0. The van der Waals surface area contributed by atoms with Crippen molar-refractivity contribution in [2.24, 2.45) is 0 Å². The smallest absolute Gasteiger partial charge is 0.249 e. The van der Waals surface area contributed by atoms with Gasteiger partial charge in [0.2, 0.25) is 5.91 Å². The first-order valence-corrected chi connectivity index (χ1v) is 22.2. The lowest BCUT2D eigenvalue weighted by Gasteiger charge is -2.40. The molecule has 0 aliphatic carbocycles. The van der Waals surface area contributed by atoms with Crippen molar-refractivity contribution in [1.29, 1.82) is 0 Å². The number of carbonyl (C=O) groups is 1. The summed E-state index contributed by atoms with van der Waals surface area (Å²) in [6.45, 7) is 3.55. The first kappa shape index (κ1) is 50.6. The van der Waals surface area contributed by atoms with Crippen LogP contribution in [0.2, 0.25) is 0 Å². The number of amides is 1. The van der Waals surface area contributed by atoms with E-state index in [2.05, 4.69) is 19.2 Å². The minimum absolute atomic E-state index is 0.304. The van der Waals surface area contributed by atoms with Gasteiger partial charge in [-0.3, -0.25) is 4.79 Å². The van der Waals surface area contributed by atoms with Gasteiger partial charge in [0, 0.05) is 0 Å². The van der Waals surface area contributed by atoms with Crippen LogP contribution in [-0.2, 0) is 14.3 Å². The lowest BCUT2D eigenvalue weighted by atomic mass is 9.99. The molecule has 0 radical (unpaired) electrons. The van der Waals surface area contributed by atoms with E-state index >= 15 is 0 Å². The van der Waals surface area contributed by atoms with Crippen molar-refractivity contribution in [2.75, 3.05) is 13.2 Å². The third-order valence-electron chi connectivity index (χ3n) is 10.7. The van der Waals surface area contributed by atoms with Crippen molar-refractivity contribution in [2.45, 2.75) is 236 Å². The zero-order chi connectivity index (χ0) is 39.7. The molecular weight excluding hydrogens is 686 g/mol. The number of allylic oxidation sites excluding steroid dienone is 3. The number of rotatable bonds is 36. The van der Waals surface area contributed by atoms with E-state index in [1.807, 2.05) is 12.2 Å². The average Bonchev–Trinajstić information content (AvgIpc) is 3.17. The summed E-state index contributed by atoms with van der Waals surface area (Å²) < 4.78 is 11.1. The normalized spacial score (nSPS) is 22.3. The van der Waals surface area contributed by atoms with E-state index < -0.39 is 61.5 Å². The summed E-state index contributed by atoms with van der Waals surface area (Å²) in [7, 11) is 0. The van der Waals surface area contributed by atoms with Crippen LogP contribution >= 0.6 is 0 Å². The maximum Gasteiger partial charge on any atom is 0.249 e. The fraction of sp³-hybridized carbons (Fsp3) is 0.886. The fourth-order valence-electron chi connectivity index (χ4n) is 6.98. The second-order valence-corrected chi connectivity index (χ2v) is 15.7. The Morgan fingerprint density at radius 1 is 0.648 bits per heavy atom. The quantitative estimate of drug-likeness (QED) is 0.0250. The summed E-state index contributed by atoms with van der Waals surface area (Å²) in [6.07, 6.45) is 30.0. The molecule has 10 nitrogen and oxygen atoms in total. The second-order valence-electron chi connectivity index (χ2n) is 15.7. The standard InChI is InChI=1S/C44H83NO9/c1-3-5-7-9-11-13-15-16-17-18-19-20-21-23-25-27-29-31-33-38(48)43(52)45-36(35-53-44-42(51)41(50)40(49)39(34-46)54-44)37(47)32-30-28-26-24-22-14-12-10-8-6-4-2/h26,28,30,32,36-42,44,46-51H,3-25,27,29,31,33-35H2,1-2H3,(H,45,52)/b28-26+,32-30+/t36-,37+,38?,39+,40+,41?,42?,44+/m0/s1. The lowest BCUT2D eigenvalue weighted by molar-refractivity contribution is -0.302. The average molecular weight is 770 g/mol. The van der Waals surface area contributed by atoms with Crippen molar-refractivity contribution < 1.29 is 44.9 Å². The Hall–Kier alpha value is -1.37. The molecule has 0 aromatic carbocycles. The monoisotopic (exact) mass is 770 g/mol. The summed E-state index contributed by atoms with van der Waals surface area (Å²) in [5.74, 6) is -0.633. The molecule has 0 spiro atoms. The largest absolute Gasteiger partial charge is 0.394 e. The Labute approximate surface area is 329 Å². The molecule has 0 bridgehead atoms. The van der Waals surface area contributed by atoms with Crippen LogP contribution in [0.5, 0.6) is 0 Å². The van der Waals surface area contributed by atoms with Crippen LogP contribution in [0.3, 0.4) is 0 Å². The molecule has 1 aliphatic heterocycles. The van der Waals surface area contributed by atoms with Crippen LogP contribution in [0, 0.1) is 0 Å². The van der Waals surface area contributed by atoms with E-state index in [1.165, 1.54) is 134 Å². The van der Waals surface area contributed by atoms with Crippen molar-refractivity contribution in [3.63, 3.8) is 0 Å². The summed E-state index contributed by atoms with van der Waals surface area (Å²) >= 11 is 0. The predicted octanol–water partition coefficient (Wildman–Crippen LogP) is 7.69. The first-order valence-electron chi connectivity index (χ1n) is 22.2. The third kappa shape index (κ3) is 25.0. The highest BCUT2D eigenvalue weighted by Gasteiger charge is 2.44. The third-order valence-corrected chi connectivity index (χ3v) is 10.7. The Morgan fingerprint density at radius 3 is 1.59 bits per heavy atom. The van der Waals surface area contributed by atoms with Crippen molar-refractivity contribution in [3.05, 3.63) is 24.3 Å². The SMILES string of the molecule is CCCCCCCCC/C=C/C=C/[C@@H](O)[C@H](CO[C@@H]1O[C@H](CO)[C@@H](O)C(O)C1O)NC(=O)C(O)CCCCCCCCCCCCCCCCCCCC. The van der Waals surface area contributed by atoms with E-state index in [0.717, 1.165) is 32.1 Å². The maximum atomic E-state index is 13.0. The van der Waals surface area contributed by atoms with Crippen LogP contribution in [-0.4, -0.2) is 98.7 Å². The molecule has 0 aromatic heterocycles. The zero-order valence-corrected chi connectivity index (χ0v) is 34.3. The summed E-state index contributed by atoms with van der Waals surface area (Å²) in [5, 5.41) is 64.4. The Morgan fingerprint density at radius 2 is 1.11 bits per heavy atom.